The maximum Gasteiger partial charge on any atom is 0.0467 e. The highest BCUT2D eigenvalue weighted by atomic mass is 15.1. The lowest BCUT2D eigenvalue weighted by Crippen LogP contribution is -2.16. The first-order valence-electron chi connectivity index (χ1n) is 19.0. The predicted molar refractivity (Wildman–Crippen MR) is 230 cm³/mol. The van der Waals surface area contributed by atoms with Crippen molar-refractivity contribution in [2.45, 2.75) is 33.1 Å². The van der Waals surface area contributed by atoms with E-state index >= 15 is 0 Å². The summed E-state index contributed by atoms with van der Waals surface area (Å²) in [5.41, 5.74) is 21.6. The molecule has 0 saturated heterocycles. The molecule has 8 aromatic carbocycles. The Morgan fingerprint density at radius 3 is 1.76 bits per heavy atom. The number of hydrogen-bond donors (Lipinski definition) is 0. The highest BCUT2D eigenvalue weighted by molar-refractivity contribution is 6.17. The molecule has 0 heterocycles. The average molecular weight is 692 g/mol. The summed E-state index contributed by atoms with van der Waals surface area (Å²) in [5, 5.41) is 2.68. The Morgan fingerprint density at radius 2 is 0.963 bits per heavy atom. The van der Waals surface area contributed by atoms with E-state index in [4.69, 9.17) is 0 Å². The molecule has 54 heavy (non-hydrogen) atoms. The van der Waals surface area contributed by atoms with Gasteiger partial charge in [-0.1, -0.05) is 153 Å². The monoisotopic (exact) mass is 691 g/mol. The first kappa shape index (κ1) is 32.2. The van der Waals surface area contributed by atoms with E-state index in [9.17, 15) is 0 Å². The van der Waals surface area contributed by atoms with Crippen molar-refractivity contribution >= 4 is 39.0 Å². The lowest BCUT2D eigenvalue weighted by Gasteiger charge is -2.28. The van der Waals surface area contributed by atoms with Gasteiger partial charge in [0.15, 0.2) is 0 Å². The topological polar surface area (TPSA) is 3.24 Å². The SMILES string of the molecule is CC1=C(c2ccc(-c3cccc(N(c4ccc(-c5ccccc5)cc4)c4ccc5c(c4)C(C)(C)c4ccccc4-5)c3)cc2C)c2cccc3cccc1c23. The van der Waals surface area contributed by atoms with Crippen LogP contribution in [-0.2, 0) is 5.41 Å². The smallest absolute Gasteiger partial charge is 0.0467 e. The Morgan fingerprint density at radius 1 is 0.389 bits per heavy atom. The molecule has 0 N–H and O–H groups in total. The fourth-order valence-corrected chi connectivity index (χ4v) is 9.21. The van der Waals surface area contributed by atoms with Crippen LogP contribution in [0.3, 0.4) is 0 Å². The molecule has 258 valence electrons. The molecule has 8 aromatic rings. The molecule has 0 aliphatic heterocycles. The largest absolute Gasteiger partial charge is 0.310 e. The van der Waals surface area contributed by atoms with Gasteiger partial charge in [-0.15, -0.1) is 0 Å². The van der Waals surface area contributed by atoms with Gasteiger partial charge in [-0.3, -0.25) is 0 Å². The van der Waals surface area contributed by atoms with E-state index in [2.05, 4.69) is 209 Å². The highest BCUT2D eigenvalue weighted by Crippen LogP contribution is 2.51. The second-order valence-electron chi connectivity index (χ2n) is 15.4. The van der Waals surface area contributed by atoms with Crippen molar-refractivity contribution in [3.8, 4) is 33.4 Å². The van der Waals surface area contributed by atoms with Gasteiger partial charge in [-0.25, -0.2) is 0 Å². The summed E-state index contributed by atoms with van der Waals surface area (Å²) in [4.78, 5) is 2.42. The Hall–Kier alpha value is -6.44. The van der Waals surface area contributed by atoms with Gasteiger partial charge in [-0.05, 0) is 139 Å². The van der Waals surface area contributed by atoms with Crippen LogP contribution in [0.1, 0.15) is 54.2 Å². The minimum absolute atomic E-state index is 0.0914. The third-order valence-corrected chi connectivity index (χ3v) is 11.9. The van der Waals surface area contributed by atoms with Crippen molar-refractivity contribution in [3.05, 3.63) is 209 Å². The Balaban J connectivity index is 1.07. The van der Waals surface area contributed by atoms with Gasteiger partial charge in [-0.2, -0.15) is 0 Å². The quantitative estimate of drug-likeness (QED) is 0.168. The number of aryl methyl sites for hydroxylation is 1. The van der Waals surface area contributed by atoms with Gasteiger partial charge in [0.1, 0.15) is 0 Å². The molecule has 0 spiro atoms. The second kappa shape index (κ2) is 12.3. The summed E-state index contributed by atoms with van der Waals surface area (Å²) in [6, 6.07) is 65.0. The van der Waals surface area contributed by atoms with E-state index in [0.717, 1.165) is 17.1 Å². The first-order chi connectivity index (χ1) is 26.4. The number of anilines is 3. The molecule has 0 unspecified atom stereocenters. The van der Waals surface area contributed by atoms with Gasteiger partial charge in [0, 0.05) is 22.5 Å². The highest BCUT2D eigenvalue weighted by Gasteiger charge is 2.35. The summed E-state index contributed by atoms with van der Waals surface area (Å²) in [5.74, 6) is 0. The minimum Gasteiger partial charge on any atom is -0.310 e. The fourth-order valence-electron chi connectivity index (χ4n) is 9.21. The Bertz CT molecular complexity index is 2790. The van der Waals surface area contributed by atoms with Gasteiger partial charge < -0.3 is 4.90 Å². The molecular weight excluding hydrogens is 651 g/mol. The zero-order chi connectivity index (χ0) is 36.6. The summed E-state index contributed by atoms with van der Waals surface area (Å²) in [6.45, 7) is 9.25. The van der Waals surface area contributed by atoms with Crippen molar-refractivity contribution in [3.63, 3.8) is 0 Å². The van der Waals surface area contributed by atoms with Crippen LogP contribution in [0, 0.1) is 6.92 Å². The van der Waals surface area contributed by atoms with Crippen LogP contribution in [0.5, 0.6) is 0 Å². The standard InChI is InChI=1S/C53H41N/c1-34-31-40(25-29-44(34)51-35(2)45-20-11-15-38-16-12-21-48(51)52(38)45)39-17-10-18-42(32-39)54(41-26-23-37(24-27-41)36-13-6-5-7-14-36)43-28-30-47-46-19-8-9-22-49(46)53(3,4)50(47)33-43/h5-33H,1-4H3. The molecule has 0 amide bonds. The molecule has 0 fully saturated rings. The molecule has 1 nitrogen and oxygen atoms in total. The number of rotatable bonds is 6. The van der Waals surface area contributed by atoms with Crippen molar-refractivity contribution in [1.82, 2.24) is 0 Å². The lowest BCUT2D eigenvalue weighted by atomic mass is 9.82. The predicted octanol–water partition coefficient (Wildman–Crippen LogP) is 14.6. The van der Waals surface area contributed by atoms with Crippen molar-refractivity contribution < 1.29 is 0 Å². The zero-order valence-corrected chi connectivity index (χ0v) is 31.2. The number of allylic oxidation sites excluding steroid dienone is 1. The van der Waals surface area contributed by atoms with Crippen molar-refractivity contribution in [2.75, 3.05) is 4.90 Å². The van der Waals surface area contributed by atoms with Crippen LogP contribution < -0.4 is 4.90 Å². The Labute approximate surface area is 318 Å². The van der Waals surface area contributed by atoms with Crippen LogP contribution in [0.4, 0.5) is 17.1 Å². The average Bonchev–Trinajstić information content (AvgIpc) is 3.62. The molecule has 10 rings (SSSR count). The van der Waals surface area contributed by atoms with Crippen LogP contribution in [-0.4, -0.2) is 0 Å². The van der Waals surface area contributed by atoms with Crippen LogP contribution in [0.2, 0.25) is 0 Å². The van der Waals surface area contributed by atoms with Crippen LogP contribution in [0.25, 0.3) is 55.3 Å². The summed E-state index contributed by atoms with van der Waals surface area (Å²) in [6.07, 6.45) is 0. The van der Waals surface area contributed by atoms with E-state index < -0.39 is 0 Å². The van der Waals surface area contributed by atoms with Gasteiger partial charge in [0.25, 0.3) is 0 Å². The number of benzene rings is 8. The Kier molecular flexibility index (Phi) is 7.35. The molecule has 0 atom stereocenters. The maximum absolute atomic E-state index is 2.42. The van der Waals surface area contributed by atoms with Gasteiger partial charge in [0.2, 0.25) is 0 Å². The van der Waals surface area contributed by atoms with E-state index in [0.29, 0.717) is 0 Å². The normalized spacial score (nSPS) is 13.6. The van der Waals surface area contributed by atoms with E-state index in [1.54, 1.807) is 0 Å². The molecule has 0 saturated carbocycles. The second-order valence-corrected chi connectivity index (χ2v) is 15.4. The van der Waals surface area contributed by atoms with Gasteiger partial charge >= 0.3 is 0 Å². The molecule has 0 radical (unpaired) electrons. The number of hydrogen-bond acceptors (Lipinski definition) is 1. The number of fused-ring (bicyclic) bond motifs is 3. The number of nitrogens with zero attached hydrogens (tertiary/aromatic N) is 1. The summed E-state index contributed by atoms with van der Waals surface area (Å²) in [7, 11) is 0. The summed E-state index contributed by atoms with van der Waals surface area (Å²) >= 11 is 0. The third-order valence-electron chi connectivity index (χ3n) is 11.9. The van der Waals surface area contributed by atoms with Gasteiger partial charge in [0.05, 0.1) is 0 Å². The lowest BCUT2D eigenvalue weighted by molar-refractivity contribution is 0.660. The molecule has 0 bridgehead atoms. The minimum atomic E-state index is -0.0914. The maximum atomic E-state index is 2.42. The van der Waals surface area contributed by atoms with E-state index in [1.165, 1.54) is 88.7 Å². The molecule has 0 aromatic heterocycles. The first-order valence-corrected chi connectivity index (χ1v) is 19.0. The molecule has 2 aliphatic carbocycles. The molecular formula is C53H41N. The molecule has 2 aliphatic rings. The van der Waals surface area contributed by atoms with Crippen LogP contribution in [0.15, 0.2) is 176 Å². The third kappa shape index (κ3) is 5.00. The van der Waals surface area contributed by atoms with E-state index in [1.807, 2.05) is 0 Å². The van der Waals surface area contributed by atoms with Crippen molar-refractivity contribution in [1.29, 1.82) is 0 Å². The molecule has 1 heteroatoms. The fraction of sp³-hybridized carbons (Fsp3) is 0.0943. The van der Waals surface area contributed by atoms with Crippen molar-refractivity contribution in [2.24, 2.45) is 0 Å². The van der Waals surface area contributed by atoms with Crippen LogP contribution >= 0.6 is 0 Å². The summed E-state index contributed by atoms with van der Waals surface area (Å²) < 4.78 is 0. The zero-order valence-electron chi connectivity index (χ0n) is 31.2. The van der Waals surface area contributed by atoms with E-state index in [-0.39, 0.29) is 5.41 Å².